The lowest BCUT2D eigenvalue weighted by molar-refractivity contribution is -0.138. The van der Waals surface area contributed by atoms with E-state index in [-0.39, 0.29) is 5.97 Å². The Labute approximate surface area is 71.0 Å². The third-order valence-corrected chi connectivity index (χ3v) is 1.62. The molecular weight excluding hydrogens is 162 g/mol. The normalized spacial score (nSPS) is 9.27. The molecule has 0 aromatic rings. The highest BCUT2D eigenvalue weighted by atomic mass is 32.2. The number of hydrogen-bond donors (Lipinski definition) is 1. The van der Waals surface area contributed by atoms with E-state index < -0.39 is 0 Å². The fourth-order valence-electron chi connectivity index (χ4n) is 0.400. The highest BCUT2D eigenvalue weighted by Gasteiger charge is 2.00. The fraction of sp³-hybridized carbons (Fsp3) is 0.571. The van der Waals surface area contributed by atoms with Crippen molar-refractivity contribution in [3.63, 3.8) is 0 Å². The summed E-state index contributed by atoms with van der Waals surface area (Å²) in [5, 5.41) is 0. The lowest BCUT2D eigenvalue weighted by Crippen LogP contribution is -2.08. The van der Waals surface area contributed by atoms with Crippen molar-refractivity contribution in [1.29, 1.82) is 0 Å². The van der Waals surface area contributed by atoms with E-state index in [2.05, 4.69) is 6.58 Å². The van der Waals surface area contributed by atoms with Crippen LogP contribution < -0.4 is 5.73 Å². The first-order valence-corrected chi connectivity index (χ1v) is 4.44. The van der Waals surface area contributed by atoms with Crippen molar-refractivity contribution in [2.75, 3.05) is 18.2 Å². The number of thioether (sulfide) groups is 1. The van der Waals surface area contributed by atoms with Crippen molar-refractivity contribution >= 4 is 17.7 Å². The highest BCUT2D eigenvalue weighted by Crippen LogP contribution is 1.97. The predicted molar refractivity (Wildman–Crippen MR) is 47.3 cm³/mol. The van der Waals surface area contributed by atoms with Crippen LogP contribution in [0.5, 0.6) is 0 Å². The van der Waals surface area contributed by atoms with Crippen LogP contribution in [0.3, 0.4) is 0 Å². The van der Waals surface area contributed by atoms with Gasteiger partial charge in [0.2, 0.25) is 0 Å². The summed E-state index contributed by atoms with van der Waals surface area (Å²) < 4.78 is 4.79. The summed E-state index contributed by atoms with van der Waals surface area (Å²) in [7, 11) is 0. The lowest BCUT2D eigenvalue weighted by Gasteiger charge is -2.02. The first-order chi connectivity index (χ1) is 5.18. The largest absolute Gasteiger partial charge is 0.461 e. The van der Waals surface area contributed by atoms with Gasteiger partial charge in [-0.3, -0.25) is 0 Å². The second-order valence-electron chi connectivity index (χ2n) is 1.99. The molecule has 0 aromatic heterocycles. The first-order valence-electron chi connectivity index (χ1n) is 3.29. The fourth-order valence-corrected chi connectivity index (χ4v) is 0.768. The van der Waals surface area contributed by atoms with Crippen LogP contribution in [0.15, 0.2) is 12.2 Å². The Hall–Kier alpha value is -0.480. The van der Waals surface area contributed by atoms with Gasteiger partial charge in [0.05, 0.1) is 0 Å². The zero-order chi connectivity index (χ0) is 8.69. The lowest BCUT2D eigenvalue weighted by atomic mass is 10.4. The van der Waals surface area contributed by atoms with Gasteiger partial charge in [-0.05, 0) is 6.92 Å². The highest BCUT2D eigenvalue weighted by molar-refractivity contribution is 7.99. The van der Waals surface area contributed by atoms with Crippen molar-refractivity contribution in [3.8, 4) is 0 Å². The molecule has 0 aliphatic rings. The molecule has 0 saturated carbocycles. The molecule has 0 bridgehead atoms. The van der Waals surface area contributed by atoms with Gasteiger partial charge in [-0.15, -0.1) is 11.8 Å². The summed E-state index contributed by atoms with van der Waals surface area (Å²) in [6.45, 7) is 5.48. The quantitative estimate of drug-likeness (QED) is 0.290. The van der Waals surface area contributed by atoms with Crippen LogP contribution in [0.1, 0.15) is 6.92 Å². The summed E-state index contributed by atoms with van der Waals surface area (Å²) in [6, 6.07) is 0. The van der Waals surface area contributed by atoms with Gasteiger partial charge in [0, 0.05) is 17.2 Å². The molecule has 0 atom stereocenters. The maximum Gasteiger partial charge on any atom is 0.333 e. The average Bonchev–Trinajstić information content (AvgIpc) is 1.97. The minimum absolute atomic E-state index is 0.331. The molecule has 11 heavy (non-hydrogen) atoms. The SMILES string of the molecule is C=C(C)C(=O)OCCSCN. The number of nitrogens with two attached hydrogens (primary N) is 1. The number of hydrogen-bond acceptors (Lipinski definition) is 4. The van der Waals surface area contributed by atoms with Crippen LogP contribution in [0.2, 0.25) is 0 Å². The van der Waals surface area contributed by atoms with E-state index in [1.165, 1.54) is 11.8 Å². The van der Waals surface area contributed by atoms with Gasteiger partial charge in [-0.2, -0.15) is 0 Å². The Bertz CT molecular complexity index is 147. The molecule has 2 N–H and O–H groups in total. The predicted octanol–water partition coefficient (Wildman–Crippen LogP) is 0.755. The summed E-state index contributed by atoms with van der Waals surface area (Å²) in [6.07, 6.45) is 0. The number of rotatable bonds is 5. The maximum absolute atomic E-state index is 10.7. The van der Waals surface area contributed by atoms with Gasteiger partial charge in [0.1, 0.15) is 6.61 Å². The van der Waals surface area contributed by atoms with Crippen molar-refractivity contribution in [3.05, 3.63) is 12.2 Å². The van der Waals surface area contributed by atoms with E-state index >= 15 is 0 Å². The van der Waals surface area contributed by atoms with Crippen LogP contribution in [0.25, 0.3) is 0 Å². The Morgan fingerprint density at radius 2 is 2.36 bits per heavy atom. The van der Waals surface area contributed by atoms with Crippen LogP contribution in [-0.2, 0) is 9.53 Å². The topological polar surface area (TPSA) is 52.3 Å². The van der Waals surface area contributed by atoms with E-state index in [4.69, 9.17) is 10.5 Å². The summed E-state index contributed by atoms with van der Waals surface area (Å²) in [5.74, 6) is 0.975. The standard InChI is InChI=1S/C7H13NO2S/c1-6(2)7(9)10-3-4-11-5-8/h1,3-5,8H2,2H3. The summed E-state index contributed by atoms with van der Waals surface area (Å²) in [5.41, 5.74) is 5.64. The van der Waals surface area contributed by atoms with Crippen LogP contribution >= 0.6 is 11.8 Å². The third-order valence-electron chi connectivity index (χ3n) is 0.927. The summed E-state index contributed by atoms with van der Waals surface area (Å²) >= 11 is 1.53. The van der Waals surface area contributed by atoms with Crippen LogP contribution in [-0.4, -0.2) is 24.2 Å². The second-order valence-corrected chi connectivity index (χ2v) is 3.14. The zero-order valence-electron chi connectivity index (χ0n) is 6.63. The molecule has 0 heterocycles. The van der Waals surface area contributed by atoms with E-state index in [0.29, 0.717) is 18.1 Å². The Morgan fingerprint density at radius 1 is 1.73 bits per heavy atom. The smallest absolute Gasteiger partial charge is 0.333 e. The molecule has 3 nitrogen and oxygen atoms in total. The average molecular weight is 175 g/mol. The van der Waals surface area contributed by atoms with Crippen LogP contribution in [0, 0.1) is 0 Å². The van der Waals surface area contributed by atoms with Gasteiger partial charge in [-0.1, -0.05) is 6.58 Å². The van der Waals surface area contributed by atoms with Gasteiger partial charge in [-0.25, -0.2) is 4.79 Å². The molecule has 0 unspecified atom stereocenters. The summed E-state index contributed by atoms with van der Waals surface area (Å²) in [4.78, 5) is 10.7. The van der Waals surface area contributed by atoms with Gasteiger partial charge in [0.25, 0.3) is 0 Å². The van der Waals surface area contributed by atoms with E-state index in [1.54, 1.807) is 6.92 Å². The molecule has 0 spiro atoms. The first kappa shape index (κ1) is 10.5. The van der Waals surface area contributed by atoms with Crippen molar-refractivity contribution in [2.45, 2.75) is 6.92 Å². The maximum atomic E-state index is 10.7. The van der Waals surface area contributed by atoms with E-state index in [9.17, 15) is 4.79 Å². The number of carbonyl (C=O) groups is 1. The molecule has 0 aromatic carbocycles. The zero-order valence-corrected chi connectivity index (χ0v) is 7.45. The minimum Gasteiger partial charge on any atom is -0.461 e. The number of ether oxygens (including phenoxy) is 1. The van der Waals surface area contributed by atoms with Gasteiger partial charge < -0.3 is 10.5 Å². The number of esters is 1. The van der Waals surface area contributed by atoms with Crippen molar-refractivity contribution in [2.24, 2.45) is 5.73 Å². The van der Waals surface area contributed by atoms with Crippen molar-refractivity contribution in [1.82, 2.24) is 0 Å². The Morgan fingerprint density at radius 3 is 2.82 bits per heavy atom. The molecule has 0 aliphatic heterocycles. The molecule has 0 saturated heterocycles. The Balaban J connectivity index is 3.25. The molecule has 0 rings (SSSR count). The van der Waals surface area contributed by atoms with Crippen LogP contribution in [0.4, 0.5) is 0 Å². The van der Waals surface area contributed by atoms with Crippen molar-refractivity contribution < 1.29 is 9.53 Å². The van der Waals surface area contributed by atoms with E-state index in [0.717, 1.165) is 5.75 Å². The molecule has 4 heteroatoms. The van der Waals surface area contributed by atoms with E-state index in [1.807, 2.05) is 0 Å². The van der Waals surface area contributed by atoms with Gasteiger partial charge in [0.15, 0.2) is 0 Å². The van der Waals surface area contributed by atoms with Gasteiger partial charge >= 0.3 is 5.97 Å². The molecule has 0 aliphatic carbocycles. The molecule has 0 amide bonds. The molecule has 0 radical (unpaired) electrons. The third kappa shape index (κ3) is 5.94. The molecule has 0 fully saturated rings. The Kier molecular flexibility index (Phi) is 5.97. The monoisotopic (exact) mass is 175 g/mol. The molecular formula is C7H13NO2S. The second kappa shape index (κ2) is 6.24. The minimum atomic E-state index is -0.331. The number of carbonyl (C=O) groups excluding carboxylic acids is 1. The molecule has 64 valence electrons.